The minimum atomic E-state index is -0.751. The zero-order chi connectivity index (χ0) is 14.5. The third kappa shape index (κ3) is 3.76. The Hall–Kier alpha value is -1.48. The van der Waals surface area contributed by atoms with Crippen LogP contribution in [0.3, 0.4) is 0 Å². The Kier molecular flexibility index (Phi) is 4.71. The summed E-state index contributed by atoms with van der Waals surface area (Å²) in [6, 6.07) is 0. The molecule has 1 fully saturated rings. The number of nitrogens with zero attached hydrogens (tertiary/aromatic N) is 2. The van der Waals surface area contributed by atoms with Crippen LogP contribution in [0.4, 0.5) is 4.39 Å². The molecule has 0 atom stereocenters. The summed E-state index contributed by atoms with van der Waals surface area (Å²) < 4.78 is 18.4. The average Bonchev–Trinajstić information content (AvgIpc) is 3.25. The molecule has 6 heteroatoms. The summed E-state index contributed by atoms with van der Waals surface area (Å²) >= 11 is 0. The summed E-state index contributed by atoms with van der Waals surface area (Å²) in [5, 5.41) is 10.8. The fraction of sp³-hybridized carbons (Fsp3) is 0.786. The number of halogens is 1. The first-order chi connectivity index (χ1) is 9.64. The maximum Gasteiger partial charge on any atom is 0.220 e. The molecule has 0 spiro atoms. The van der Waals surface area contributed by atoms with Crippen molar-refractivity contribution in [1.29, 1.82) is 0 Å². The molecule has 20 heavy (non-hydrogen) atoms. The molecular weight excluding hydrogens is 261 g/mol. The van der Waals surface area contributed by atoms with E-state index < -0.39 is 17.9 Å². The lowest BCUT2D eigenvalue weighted by atomic mass is 9.91. The Bertz CT molecular complexity index is 419. The van der Waals surface area contributed by atoms with Gasteiger partial charge in [0.1, 0.15) is 6.67 Å². The second-order valence-electron chi connectivity index (χ2n) is 5.46. The molecule has 1 amide bonds. The number of hydrogen-bond acceptors (Lipinski definition) is 4. The van der Waals surface area contributed by atoms with Crippen LogP contribution >= 0.6 is 0 Å². The Labute approximate surface area is 118 Å². The molecule has 0 radical (unpaired) electrons. The molecular formula is C14H20FN3O2. The van der Waals surface area contributed by atoms with E-state index in [1.165, 1.54) is 0 Å². The molecule has 2 aliphatic rings. The molecule has 1 N–H and O–H groups in total. The highest BCUT2D eigenvalue weighted by Gasteiger charge is 2.40. The molecule has 0 saturated carbocycles. The number of rotatable bonds is 7. The van der Waals surface area contributed by atoms with Gasteiger partial charge in [0.05, 0.1) is 5.54 Å². The Morgan fingerprint density at radius 3 is 2.60 bits per heavy atom. The maximum atomic E-state index is 13.2. The van der Waals surface area contributed by atoms with Crippen LogP contribution in [-0.4, -0.2) is 37.0 Å². The second-order valence-corrected chi connectivity index (χ2v) is 5.46. The lowest BCUT2D eigenvalue weighted by Gasteiger charge is -2.35. The van der Waals surface area contributed by atoms with E-state index in [1.54, 1.807) is 0 Å². The fourth-order valence-corrected chi connectivity index (χ4v) is 2.39. The van der Waals surface area contributed by atoms with Crippen LogP contribution in [0.2, 0.25) is 0 Å². The molecule has 2 aliphatic heterocycles. The third-order valence-electron chi connectivity index (χ3n) is 3.92. The number of amides is 1. The van der Waals surface area contributed by atoms with Gasteiger partial charge in [0.2, 0.25) is 5.91 Å². The zero-order valence-corrected chi connectivity index (χ0v) is 11.5. The van der Waals surface area contributed by atoms with E-state index in [1.807, 2.05) is 0 Å². The zero-order valence-electron chi connectivity index (χ0n) is 11.5. The molecule has 110 valence electrons. The molecule has 0 aromatic rings. The monoisotopic (exact) mass is 281 g/mol. The van der Waals surface area contributed by atoms with Crippen molar-refractivity contribution >= 4 is 5.91 Å². The van der Waals surface area contributed by atoms with Crippen LogP contribution in [0.5, 0.6) is 0 Å². The van der Waals surface area contributed by atoms with Crippen molar-refractivity contribution in [3.05, 3.63) is 0 Å². The highest BCUT2D eigenvalue weighted by Crippen LogP contribution is 2.37. The molecule has 0 bridgehead atoms. The van der Waals surface area contributed by atoms with Gasteiger partial charge in [0, 0.05) is 38.9 Å². The van der Waals surface area contributed by atoms with Gasteiger partial charge in [-0.25, -0.2) is 4.39 Å². The quantitative estimate of drug-likeness (QED) is 0.725. The standard InChI is InChI=1S/C14H20FN3O2/c1-2-3-5-14(17-18-14)6-4-12(19)16-13(11-15)7-9-20-10-8-13/h1H,3-11H2,(H,16,19). The SMILES string of the molecule is C#CCCC1(CCC(=O)NC2(CF)CCOCC2)N=N1. The number of nitrogens with one attached hydrogen (secondary N) is 1. The van der Waals surface area contributed by atoms with Crippen LogP contribution < -0.4 is 5.32 Å². The van der Waals surface area contributed by atoms with Gasteiger partial charge < -0.3 is 10.1 Å². The number of carbonyl (C=O) groups is 1. The van der Waals surface area contributed by atoms with Gasteiger partial charge in [-0.15, -0.1) is 12.3 Å². The summed E-state index contributed by atoms with van der Waals surface area (Å²) in [5.41, 5.74) is -1.21. The molecule has 0 aromatic heterocycles. The smallest absolute Gasteiger partial charge is 0.220 e. The number of hydrogen-bond donors (Lipinski definition) is 1. The molecule has 0 aliphatic carbocycles. The maximum absolute atomic E-state index is 13.2. The van der Waals surface area contributed by atoms with Gasteiger partial charge in [-0.1, -0.05) is 0 Å². The van der Waals surface area contributed by atoms with E-state index in [2.05, 4.69) is 21.5 Å². The third-order valence-corrected chi connectivity index (χ3v) is 3.92. The predicted molar refractivity (Wildman–Crippen MR) is 71.8 cm³/mol. The molecule has 2 heterocycles. The minimum Gasteiger partial charge on any atom is -0.381 e. The van der Waals surface area contributed by atoms with Gasteiger partial charge in [0.15, 0.2) is 5.66 Å². The van der Waals surface area contributed by atoms with Crippen molar-refractivity contribution < 1.29 is 13.9 Å². The van der Waals surface area contributed by atoms with E-state index in [0.29, 0.717) is 51.7 Å². The Balaban J connectivity index is 1.76. The topological polar surface area (TPSA) is 63.0 Å². The summed E-state index contributed by atoms with van der Waals surface area (Å²) in [4.78, 5) is 12.0. The predicted octanol–water partition coefficient (Wildman–Crippen LogP) is 1.98. The van der Waals surface area contributed by atoms with Gasteiger partial charge in [-0.05, 0) is 12.8 Å². The number of carbonyl (C=O) groups excluding carboxylic acids is 1. The van der Waals surface area contributed by atoms with Crippen molar-refractivity contribution in [2.75, 3.05) is 19.9 Å². The second kappa shape index (κ2) is 6.31. The van der Waals surface area contributed by atoms with E-state index in [9.17, 15) is 9.18 Å². The van der Waals surface area contributed by atoms with Crippen molar-refractivity contribution in [2.24, 2.45) is 10.2 Å². The molecule has 0 unspecified atom stereocenters. The Morgan fingerprint density at radius 2 is 2.05 bits per heavy atom. The first-order valence-electron chi connectivity index (χ1n) is 6.96. The number of ether oxygens (including phenoxy) is 1. The summed E-state index contributed by atoms with van der Waals surface area (Å²) in [5.74, 6) is 2.40. The van der Waals surface area contributed by atoms with Crippen molar-refractivity contribution in [1.82, 2.24) is 5.32 Å². The normalized spacial score (nSPS) is 22.0. The van der Waals surface area contributed by atoms with Crippen LogP contribution in [0.25, 0.3) is 0 Å². The fourth-order valence-electron chi connectivity index (χ4n) is 2.39. The van der Waals surface area contributed by atoms with Crippen LogP contribution in [0.15, 0.2) is 10.2 Å². The van der Waals surface area contributed by atoms with Crippen molar-refractivity contribution in [3.63, 3.8) is 0 Å². The highest BCUT2D eigenvalue weighted by atomic mass is 19.1. The van der Waals surface area contributed by atoms with E-state index >= 15 is 0 Å². The van der Waals surface area contributed by atoms with Crippen molar-refractivity contribution in [3.8, 4) is 12.3 Å². The first-order valence-corrected chi connectivity index (χ1v) is 6.96. The minimum absolute atomic E-state index is 0.151. The van der Waals surface area contributed by atoms with Gasteiger partial charge in [-0.2, -0.15) is 10.2 Å². The lowest BCUT2D eigenvalue weighted by Crippen LogP contribution is -2.53. The molecule has 0 aromatic carbocycles. The van der Waals surface area contributed by atoms with Gasteiger partial charge in [0.25, 0.3) is 0 Å². The van der Waals surface area contributed by atoms with E-state index in [-0.39, 0.29) is 5.91 Å². The largest absolute Gasteiger partial charge is 0.381 e. The molecule has 2 rings (SSSR count). The lowest BCUT2D eigenvalue weighted by molar-refractivity contribution is -0.125. The van der Waals surface area contributed by atoms with Crippen LogP contribution in [0, 0.1) is 12.3 Å². The molecule has 1 saturated heterocycles. The van der Waals surface area contributed by atoms with E-state index in [0.717, 1.165) is 0 Å². The first kappa shape index (κ1) is 14.9. The van der Waals surface area contributed by atoms with Gasteiger partial charge in [-0.3, -0.25) is 4.79 Å². The van der Waals surface area contributed by atoms with Gasteiger partial charge >= 0.3 is 0 Å². The van der Waals surface area contributed by atoms with E-state index in [4.69, 9.17) is 11.2 Å². The Morgan fingerprint density at radius 1 is 1.35 bits per heavy atom. The summed E-state index contributed by atoms with van der Waals surface area (Å²) in [7, 11) is 0. The summed E-state index contributed by atoms with van der Waals surface area (Å²) in [6.07, 6.45) is 8.36. The summed E-state index contributed by atoms with van der Waals surface area (Å²) in [6.45, 7) is 0.418. The van der Waals surface area contributed by atoms with Crippen LogP contribution in [-0.2, 0) is 9.53 Å². The van der Waals surface area contributed by atoms with Crippen LogP contribution in [0.1, 0.15) is 38.5 Å². The van der Waals surface area contributed by atoms with Crippen molar-refractivity contribution in [2.45, 2.75) is 49.7 Å². The highest BCUT2D eigenvalue weighted by molar-refractivity contribution is 5.77. The number of alkyl halides is 1. The number of terminal acetylenes is 1. The average molecular weight is 281 g/mol. The molecule has 5 nitrogen and oxygen atoms in total.